The number of aliphatic hydroxyl groups is 1. The van der Waals surface area contributed by atoms with Crippen LogP contribution in [-0.2, 0) is 23.9 Å². The maximum absolute atomic E-state index is 12.1. The predicted octanol–water partition coefficient (Wildman–Crippen LogP) is 2.63. The van der Waals surface area contributed by atoms with E-state index in [9.17, 15) is 24.6 Å². The average Bonchev–Trinajstić information content (AvgIpc) is 3.07. The minimum atomic E-state index is -1.08. The highest BCUT2D eigenvalue weighted by atomic mass is 16.5. The smallest absolute Gasteiger partial charge is 0.334 e. The molecular weight excluding hydrogens is 376 g/mol. The molecule has 29 heavy (non-hydrogen) atoms. The third-order valence-electron chi connectivity index (χ3n) is 7.54. The molecule has 7 nitrogen and oxygen atoms in total. The van der Waals surface area contributed by atoms with E-state index in [0.29, 0.717) is 37.9 Å². The normalized spacial score (nSPS) is 36.6. The molecule has 1 fully saturated rings. The number of carboxylic acids is 1. The van der Waals surface area contributed by atoms with Crippen LogP contribution in [0.3, 0.4) is 0 Å². The van der Waals surface area contributed by atoms with E-state index in [-0.39, 0.29) is 35.4 Å². The van der Waals surface area contributed by atoms with E-state index in [4.69, 9.17) is 9.47 Å². The van der Waals surface area contributed by atoms with Gasteiger partial charge in [-0.15, -0.1) is 0 Å². The fraction of sp³-hybridized carbons (Fsp3) is 0.682. The number of carbonyl (C=O) groups is 3. The maximum atomic E-state index is 12.1. The molecule has 0 radical (unpaired) electrons. The summed E-state index contributed by atoms with van der Waals surface area (Å²) in [7, 11) is 0. The van der Waals surface area contributed by atoms with Gasteiger partial charge in [0.1, 0.15) is 12.7 Å². The molecule has 3 aliphatic rings. The van der Waals surface area contributed by atoms with Crippen molar-refractivity contribution in [2.45, 2.75) is 59.0 Å². The molecule has 0 aromatic rings. The van der Waals surface area contributed by atoms with E-state index in [1.807, 2.05) is 0 Å². The molecule has 7 heteroatoms. The lowest BCUT2D eigenvalue weighted by molar-refractivity contribution is -0.154. The third-order valence-corrected chi connectivity index (χ3v) is 7.54. The molecule has 0 amide bonds. The van der Waals surface area contributed by atoms with Crippen molar-refractivity contribution < 1.29 is 34.1 Å². The Morgan fingerprint density at radius 2 is 2.10 bits per heavy atom. The molecule has 1 saturated carbocycles. The largest absolute Gasteiger partial charge is 0.478 e. The van der Waals surface area contributed by atoms with Crippen LogP contribution in [0.1, 0.15) is 52.9 Å². The van der Waals surface area contributed by atoms with Gasteiger partial charge in [-0.05, 0) is 61.5 Å². The molecule has 2 N–H and O–H groups in total. The van der Waals surface area contributed by atoms with E-state index >= 15 is 0 Å². The first-order valence-corrected chi connectivity index (χ1v) is 10.2. The molecule has 0 saturated heterocycles. The molecule has 0 spiro atoms. The molecule has 0 aromatic carbocycles. The highest BCUT2D eigenvalue weighted by Gasteiger charge is 2.59. The highest BCUT2D eigenvalue weighted by molar-refractivity contribution is 5.90. The van der Waals surface area contributed by atoms with Gasteiger partial charge in [-0.2, -0.15) is 0 Å². The fourth-order valence-corrected chi connectivity index (χ4v) is 5.70. The van der Waals surface area contributed by atoms with Gasteiger partial charge < -0.3 is 19.7 Å². The van der Waals surface area contributed by atoms with Gasteiger partial charge in [-0.3, -0.25) is 4.79 Å². The maximum Gasteiger partial charge on any atom is 0.334 e. The lowest BCUT2D eigenvalue weighted by Crippen LogP contribution is -2.56. The van der Waals surface area contributed by atoms with Crippen molar-refractivity contribution in [2.24, 2.45) is 22.7 Å². The monoisotopic (exact) mass is 406 g/mol. The van der Waals surface area contributed by atoms with Crippen LogP contribution in [0.25, 0.3) is 0 Å². The van der Waals surface area contributed by atoms with E-state index in [1.165, 1.54) is 13.0 Å². The van der Waals surface area contributed by atoms with Gasteiger partial charge in [0.2, 0.25) is 0 Å². The van der Waals surface area contributed by atoms with Crippen molar-refractivity contribution in [3.05, 3.63) is 23.3 Å². The lowest BCUT2D eigenvalue weighted by atomic mass is 9.46. The first-order chi connectivity index (χ1) is 13.6. The number of carbonyl (C=O) groups excluding carboxylic acids is 2. The van der Waals surface area contributed by atoms with E-state index < -0.39 is 23.5 Å². The number of cyclic esters (lactones) is 1. The zero-order chi connectivity index (χ0) is 21.4. The Hall–Kier alpha value is -2.15. The second-order valence-corrected chi connectivity index (χ2v) is 8.91. The topological polar surface area (TPSA) is 110 Å². The molecule has 5 atom stereocenters. The first-order valence-electron chi connectivity index (χ1n) is 10.2. The van der Waals surface area contributed by atoms with Crippen LogP contribution in [0, 0.1) is 22.7 Å². The molecule has 1 heterocycles. The molecule has 3 rings (SSSR count). The summed E-state index contributed by atoms with van der Waals surface area (Å²) >= 11 is 0. The van der Waals surface area contributed by atoms with Crippen molar-refractivity contribution >= 4 is 17.9 Å². The summed E-state index contributed by atoms with van der Waals surface area (Å²) in [4.78, 5) is 35.5. The van der Waals surface area contributed by atoms with E-state index in [2.05, 4.69) is 13.8 Å². The molecule has 160 valence electrons. The van der Waals surface area contributed by atoms with Crippen LogP contribution in [0.2, 0.25) is 0 Å². The van der Waals surface area contributed by atoms with Crippen LogP contribution >= 0.6 is 0 Å². The number of esters is 2. The SMILES string of the molecule is CC(=O)OC1C=C(C(=O)O)C2(CO)CCC(C)C(C)(CCC3=CCOC3=O)C2C1. The third kappa shape index (κ3) is 3.72. The van der Waals surface area contributed by atoms with Crippen LogP contribution in [-0.4, -0.2) is 47.4 Å². The first kappa shape index (κ1) is 21.6. The number of rotatable bonds is 6. The number of hydrogen-bond acceptors (Lipinski definition) is 6. The fourth-order valence-electron chi connectivity index (χ4n) is 5.70. The summed E-state index contributed by atoms with van der Waals surface area (Å²) in [5.41, 5.74) is -0.424. The van der Waals surface area contributed by atoms with Crippen LogP contribution < -0.4 is 0 Å². The zero-order valence-electron chi connectivity index (χ0n) is 17.3. The minimum absolute atomic E-state index is 0.139. The molecule has 5 unspecified atom stereocenters. The quantitative estimate of drug-likeness (QED) is 0.653. The van der Waals surface area contributed by atoms with Crippen molar-refractivity contribution in [3.8, 4) is 0 Å². The summed E-state index contributed by atoms with van der Waals surface area (Å²) in [6.45, 7) is 5.59. The van der Waals surface area contributed by atoms with Gasteiger partial charge in [0, 0.05) is 23.5 Å². The summed E-state index contributed by atoms with van der Waals surface area (Å²) in [6.07, 6.45) is 5.68. The van der Waals surface area contributed by atoms with E-state index in [1.54, 1.807) is 6.08 Å². The van der Waals surface area contributed by atoms with Gasteiger partial charge in [-0.25, -0.2) is 9.59 Å². The molecule has 0 bridgehead atoms. The minimum Gasteiger partial charge on any atom is -0.478 e. The number of hydrogen-bond donors (Lipinski definition) is 2. The zero-order valence-corrected chi connectivity index (χ0v) is 17.3. The predicted molar refractivity (Wildman–Crippen MR) is 104 cm³/mol. The molecule has 2 aliphatic carbocycles. The Morgan fingerprint density at radius 1 is 1.38 bits per heavy atom. The Balaban J connectivity index is 1.99. The number of aliphatic hydroxyl groups excluding tert-OH is 1. The van der Waals surface area contributed by atoms with Crippen molar-refractivity contribution in [3.63, 3.8) is 0 Å². The Kier molecular flexibility index (Phi) is 5.90. The number of aliphatic carboxylic acids is 1. The van der Waals surface area contributed by atoms with Gasteiger partial charge in [0.25, 0.3) is 0 Å². The number of ether oxygens (including phenoxy) is 2. The van der Waals surface area contributed by atoms with Gasteiger partial charge in [0.05, 0.1) is 6.61 Å². The molecule has 1 aliphatic heterocycles. The molecular formula is C22H30O7. The van der Waals surface area contributed by atoms with Gasteiger partial charge in [-0.1, -0.05) is 13.8 Å². The second-order valence-electron chi connectivity index (χ2n) is 8.91. The van der Waals surface area contributed by atoms with Crippen molar-refractivity contribution in [1.29, 1.82) is 0 Å². The van der Waals surface area contributed by atoms with Crippen LogP contribution in [0.15, 0.2) is 23.3 Å². The summed E-state index contributed by atoms with van der Waals surface area (Å²) < 4.78 is 10.4. The Morgan fingerprint density at radius 3 is 2.66 bits per heavy atom. The number of carboxylic acid groups (broad SMARTS) is 1. The number of fused-ring (bicyclic) bond motifs is 1. The summed E-state index contributed by atoms with van der Waals surface area (Å²) in [5.74, 6) is -1.77. The summed E-state index contributed by atoms with van der Waals surface area (Å²) in [6, 6.07) is 0. The Bertz CT molecular complexity index is 767. The molecule has 0 aromatic heterocycles. The van der Waals surface area contributed by atoms with Crippen molar-refractivity contribution in [1.82, 2.24) is 0 Å². The van der Waals surface area contributed by atoms with Crippen LogP contribution in [0.5, 0.6) is 0 Å². The summed E-state index contributed by atoms with van der Waals surface area (Å²) in [5, 5.41) is 20.3. The second kappa shape index (κ2) is 7.94. The van der Waals surface area contributed by atoms with Gasteiger partial charge in [0.15, 0.2) is 0 Å². The lowest BCUT2D eigenvalue weighted by Gasteiger charge is -2.58. The van der Waals surface area contributed by atoms with E-state index in [0.717, 1.165) is 6.42 Å². The highest BCUT2D eigenvalue weighted by Crippen LogP contribution is 2.62. The standard InChI is InChI=1S/C22H30O7/c1-13-4-8-22(12-23)17(19(25)26)10-16(29-14(2)24)11-18(22)21(13,3)7-5-15-6-9-28-20(15)27/h6,10,13,16,18,23H,4-5,7-9,11-12H2,1-3H3,(H,25,26). The van der Waals surface area contributed by atoms with Gasteiger partial charge >= 0.3 is 17.9 Å². The van der Waals surface area contributed by atoms with Crippen molar-refractivity contribution in [2.75, 3.05) is 13.2 Å². The average molecular weight is 406 g/mol. The Labute approximate surface area is 170 Å². The van der Waals surface area contributed by atoms with Crippen LogP contribution in [0.4, 0.5) is 0 Å².